The van der Waals surface area contributed by atoms with Crippen molar-refractivity contribution in [1.29, 1.82) is 0 Å². The summed E-state index contributed by atoms with van der Waals surface area (Å²) in [5.41, 5.74) is 5.44. The minimum Gasteiger partial charge on any atom is -0.409 e. The summed E-state index contributed by atoms with van der Waals surface area (Å²) in [5.74, 6) is 1.15. The SMILES string of the molecule is COCCN(CCC(N)=NO)CC1CC1. The summed E-state index contributed by atoms with van der Waals surface area (Å²) in [6, 6.07) is 0. The van der Waals surface area contributed by atoms with Crippen LogP contribution in [0.15, 0.2) is 5.16 Å². The third-order valence-corrected chi connectivity index (χ3v) is 2.64. The van der Waals surface area contributed by atoms with Crippen molar-refractivity contribution in [2.75, 3.05) is 33.4 Å². The molecule has 0 radical (unpaired) electrons. The maximum absolute atomic E-state index is 8.44. The second-order valence-corrected chi connectivity index (χ2v) is 4.08. The molecule has 0 atom stereocenters. The molecule has 88 valence electrons. The molecule has 0 bridgehead atoms. The predicted octanol–water partition coefficient (Wildman–Crippen LogP) is 0.481. The van der Waals surface area contributed by atoms with Gasteiger partial charge in [-0.25, -0.2) is 0 Å². The highest BCUT2D eigenvalue weighted by molar-refractivity contribution is 5.79. The van der Waals surface area contributed by atoms with Gasteiger partial charge in [0, 0.05) is 33.2 Å². The van der Waals surface area contributed by atoms with Crippen LogP contribution < -0.4 is 5.73 Å². The Morgan fingerprint density at radius 3 is 2.80 bits per heavy atom. The van der Waals surface area contributed by atoms with Crippen LogP contribution in [0.3, 0.4) is 0 Å². The summed E-state index contributed by atoms with van der Waals surface area (Å²) in [6.07, 6.45) is 3.30. The lowest BCUT2D eigenvalue weighted by Crippen LogP contribution is -2.32. The Balaban J connectivity index is 2.20. The van der Waals surface area contributed by atoms with Gasteiger partial charge in [0.25, 0.3) is 0 Å². The third-order valence-electron chi connectivity index (χ3n) is 2.64. The van der Waals surface area contributed by atoms with Crippen molar-refractivity contribution in [2.24, 2.45) is 16.8 Å². The largest absolute Gasteiger partial charge is 0.409 e. The summed E-state index contributed by atoms with van der Waals surface area (Å²) in [5, 5.41) is 11.4. The first-order valence-electron chi connectivity index (χ1n) is 5.44. The van der Waals surface area contributed by atoms with E-state index < -0.39 is 0 Å². The Bertz CT molecular complexity index is 205. The van der Waals surface area contributed by atoms with Gasteiger partial charge in [-0.05, 0) is 18.8 Å². The lowest BCUT2D eigenvalue weighted by Gasteiger charge is -2.21. The summed E-state index contributed by atoms with van der Waals surface area (Å²) >= 11 is 0. The van der Waals surface area contributed by atoms with Gasteiger partial charge in [0.15, 0.2) is 0 Å². The fourth-order valence-corrected chi connectivity index (χ4v) is 1.50. The molecule has 0 spiro atoms. The third kappa shape index (κ3) is 5.59. The van der Waals surface area contributed by atoms with E-state index in [0.717, 1.165) is 32.2 Å². The van der Waals surface area contributed by atoms with Crippen LogP contribution in [0.4, 0.5) is 0 Å². The predicted molar refractivity (Wildman–Crippen MR) is 59.1 cm³/mol. The van der Waals surface area contributed by atoms with Crippen LogP contribution in [0.25, 0.3) is 0 Å². The first kappa shape index (κ1) is 12.3. The molecule has 0 aromatic carbocycles. The van der Waals surface area contributed by atoms with Crippen molar-refractivity contribution < 1.29 is 9.94 Å². The van der Waals surface area contributed by atoms with Gasteiger partial charge in [-0.15, -0.1) is 0 Å². The number of nitrogens with zero attached hydrogens (tertiary/aromatic N) is 2. The molecule has 0 heterocycles. The Hall–Kier alpha value is -0.810. The molecular weight excluding hydrogens is 194 g/mol. The monoisotopic (exact) mass is 215 g/mol. The Labute approximate surface area is 90.9 Å². The van der Waals surface area contributed by atoms with E-state index in [-0.39, 0.29) is 0 Å². The zero-order valence-electron chi connectivity index (χ0n) is 9.35. The molecule has 1 saturated carbocycles. The molecule has 15 heavy (non-hydrogen) atoms. The number of oxime groups is 1. The zero-order valence-corrected chi connectivity index (χ0v) is 9.35. The van der Waals surface area contributed by atoms with Crippen LogP contribution in [0.2, 0.25) is 0 Å². The van der Waals surface area contributed by atoms with Crippen molar-refractivity contribution in [1.82, 2.24) is 4.90 Å². The van der Waals surface area contributed by atoms with Crippen LogP contribution in [-0.2, 0) is 4.74 Å². The van der Waals surface area contributed by atoms with Gasteiger partial charge < -0.3 is 20.6 Å². The normalized spacial score (nSPS) is 17.3. The molecule has 0 saturated heterocycles. The maximum atomic E-state index is 8.44. The smallest absolute Gasteiger partial charge is 0.140 e. The van der Waals surface area contributed by atoms with Crippen molar-refractivity contribution in [3.63, 3.8) is 0 Å². The first-order valence-corrected chi connectivity index (χ1v) is 5.44. The van der Waals surface area contributed by atoms with Gasteiger partial charge in [0.2, 0.25) is 0 Å². The Morgan fingerprint density at radius 1 is 1.53 bits per heavy atom. The van der Waals surface area contributed by atoms with Gasteiger partial charge in [0.05, 0.1) is 6.61 Å². The lowest BCUT2D eigenvalue weighted by atomic mass is 10.3. The van der Waals surface area contributed by atoms with Crippen molar-refractivity contribution in [3.8, 4) is 0 Å². The van der Waals surface area contributed by atoms with E-state index in [1.165, 1.54) is 12.8 Å². The van der Waals surface area contributed by atoms with Gasteiger partial charge >= 0.3 is 0 Å². The molecular formula is C10H21N3O2. The Morgan fingerprint density at radius 2 is 2.27 bits per heavy atom. The van der Waals surface area contributed by atoms with Crippen molar-refractivity contribution in [2.45, 2.75) is 19.3 Å². The maximum Gasteiger partial charge on any atom is 0.140 e. The van der Waals surface area contributed by atoms with Crippen LogP contribution in [0.5, 0.6) is 0 Å². The fourth-order valence-electron chi connectivity index (χ4n) is 1.50. The van der Waals surface area contributed by atoms with Crippen LogP contribution in [-0.4, -0.2) is 49.3 Å². The summed E-state index contributed by atoms with van der Waals surface area (Å²) in [7, 11) is 1.71. The standard InChI is InChI=1S/C10H21N3O2/c1-15-7-6-13(8-9-2-3-9)5-4-10(11)12-14/h9,14H,2-8H2,1H3,(H2,11,12). The van der Waals surface area contributed by atoms with Crippen LogP contribution >= 0.6 is 0 Å². The molecule has 3 N–H and O–H groups in total. The van der Waals surface area contributed by atoms with Crippen LogP contribution in [0.1, 0.15) is 19.3 Å². The van der Waals surface area contributed by atoms with Gasteiger partial charge in [0.1, 0.15) is 5.84 Å². The highest BCUT2D eigenvalue weighted by atomic mass is 16.5. The minimum atomic E-state index is 0.299. The molecule has 0 aromatic rings. The number of hydrogen-bond donors (Lipinski definition) is 2. The fraction of sp³-hybridized carbons (Fsp3) is 0.900. The van der Waals surface area contributed by atoms with Gasteiger partial charge in [-0.1, -0.05) is 5.16 Å². The molecule has 0 aromatic heterocycles. The number of ether oxygens (including phenoxy) is 1. The molecule has 5 heteroatoms. The summed E-state index contributed by atoms with van der Waals surface area (Å²) in [4.78, 5) is 2.32. The zero-order chi connectivity index (χ0) is 11.1. The van der Waals surface area contributed by atoms with E-state index >= 15 is 0 Å². The molecule has 1 rings (SSSR count). The first-order chi connectivity index (χ1) is 7.26. The van der Waals surface area contributed by atoms with Gasteiger partial charge in [-0.2, -0.15) is 0 Å². The number of rotatable bonds is 8. The van der Waals surface area contributed by atoms with E-state index in [1.54, 1.807) is 7.11 Å². The van der Waals surface area contributed by atoms with Crippen molar-refractivity contribution in [3.05, 3.63) is 0 Å². The molecule has 1 aliphatic rings. The Kier molecular flexibility index (Phi) is 5.42. The van der Waals surface area contributed by atoms with Crippen LogP contribution in [0, 0.1) is 5.92 Å². The molecule has 5 nitrogen and oxygen atoms in total. The lowest BCUT2D eigenvalue weighted by molar-refractivity contribution is 0.146. The number of nitrogens with two attached hydrogens (primary N) is 1. The van der Waals surface area contributed by atoms with Crippen molar-refractivity contribution >= 4 is 5.84 Å². The molecule has 0 unspecified atom stereocenters. The molecule has 0 aliphatic heterocycles. The van der Waals surface area contributed by atoms with E-state index in [4.69, 9.17) is 15.7 Å². The minimum absolute atomic E-state index is 0.299. The molecule has 1 aliphatic carbocycles. The van der Waals surface area contributed by atoms with E-state index in [1.807, 2.05) is 0 Å². The molecule has 0 amide bonds. The number of amidine groups is 1. The van der Waals surface area contributed by atoms with E-state index in [9.17, 15) is 0 Å². The highest BCUT2D eigenvalue weighted by Crippen LogP contribution is 2.29. The van der Waals surface area contributed by atoms with Gasteiger partial charge in [-0.3, -0.25) is 0 Å². The number of hydrogen-bond acceptors (Lipinski definition) is 4. The van der Waals surface area contributed by atoms with E-state index in [2.05, 4.69) is 10.1 Å². The average Bonchev–Trinajstić information content (AvgIpc) is 3.05. The quantitative estimate of drug-likeness (QED) is 0.267. The highest BCUT2D eigenvalue weighted by Gasteiger charge is 2.23. The summed E-state index contributed by atoms with van der Waals surface area (Å²) in [6.45, 7) is 3.62. The van der Waals surface area contributed by atoms with E-state index in [0.29, 0.717) is 12.3 Å². The second-order valence-electron chi connectivity index (χ2n) is 4.08. The average molecular weight is 215 g/mol. The number of methoxy groups -OCH3 is 1. The second kappa shape index (κ2) is 6.63. The summed E-state index contributed by atoms with van der Waals surface area (Å²) < 4.78 is 5.05. The molecule has 1 fully saturated rings. The topological polar surface area (TPSA) is 71.1 Å².